The van der Waals surface area contributed by atoms with Gasteiger partial charge in [-0.15, -0.1) is 0 Å². The van der Waals surface area contributed by atoms with Gasteiger partial charge < -0.3 is 24.4 Å². The average Bonchev–Trinajstić information content (AvgIpc) is 2.66. The number of methoxy groups -OCH3 is 2. The maximum Gasteiger partial charge on any atom is 0.332 e. The summed E-state index contributed by atoms with van der Waals surface area (Å²) in [6.45, 7) is 3.53. The maximum absolute atomic E-state index is 12.6. The second-order valence-electron chi connectivity index (χ2n) is 6.35. The Balaban J connectivity index is 2.85. The van der Waals surface area contributed by atoms with Crippen molar-refractivity contribution in [2.45, 2.75) is 37.8 Å². The monoisotopic (exact) mass is 395 g/mol. The molecule has 2 aromatic rings. The molecule has 0 saturated carbocycles. The molecule has 2 rings (SSSR count). The van der Waals surface area contributed by atoms with Gasteiger partial charge in [0.05, 0.1) is 19.4 Å². The Morgan fingerprint density at radius 1 is 1.11 bits per heavy atom. The maximum atomic E-state index is 12.6. The Bertz CT molecular complexity index is 791. The fourth-order valence-electron chi connectivity index (χ4n) is 3.68. The number of aromatic nitrogens is 1. The summed E-state index contributed by atoms with van der Waals surface area (Å²) < 4.78 is 23.1. The molecule has 0 radical (unpaired) electrons. The molecule has 0 aliphatic heterocycles. The third kappa shape index (κ3) is 3.81. The molecule has 7 nitrogen and oxygen atoms in total. The number of aromatic hydroxyl groups is 1. The molecule has 0 bridgehead atoms. The van der Waals surface area contributed by atoms with Crippen molar-refractivity contribution in [3.05, 3.63) is 47.8 Å². The zero-order valence-corrected chi connectivity index (χ0v) is 16.8. The van der Waals surface area contributed by atoms with Gasteiger partial charge in [-0.05, 0) is 42.2 Å². The van der Waals surface area contributed by atoms with E-state index in [9.17, 15) is 19.5 Å². The summed E-state index contributed by atoms with van der Waals surface area (Å²) in [5.41, 5.74) is 1.24. The second-order valence-corrected chi connectivity index (χ2v) is 8.33. The highest BCUT2D eigenvalue weighted by molar-refractivity contribution is 7.53. The predicted molar refractivity (Wildman–Crippen MR) is 103 cm³/mol. The Morgan fingerprint density at radius 2 is 1.67 bits per heavy atom. The number of ether oxygens (including phenoxy) is 2. The first-order valence-electron chi connectivity index (χ1n) is 8.66. The third-order valence-electron chi connectivity index (χ3n) is 5.20. The standard InChI is InChI=1S/C19H26NO6P/c1-5-19(6-2,27(22,23)24)17(13-8-7-9-20-12-13)14-10-15(25-3)18(21)16(11-14)26-4/h7-12,17,21H,5-6H2,1-4H3,(H2,22,23,24). The van der Waals surface area contributed by atoms with Crippen molar-refractivity contribution < 1.29 is 28.9 Å². The molecule has 0 aliphatic rings. The molecule has 8 heteroatoms. The topological polar surface area (TPSA) is 109 Å². The molecule has 0 aliphatic carbocycles. The number of nitrogens with zero attached hydrogens (tertiary/aromatic N) is 1. The summed E-state index contributed by atoms with van der Waals surface area (Å²) in [6.07, 6.45) is 3.71. The molecule has 1 heterocycles. The Morgan fingerprint density at radius 3 is 2.04 bits per heavy atom. The largest absolute Gasteiger partial charge is 0.502 e. The van der Waals surface area contributed by atoms with Crippen molar-refractivity contribution in [3.8, 4) is 17.2 Å². The van der Waals surface area contributed by atoms with E-state index in [0.29, 0.717) is 11.1 Å². The molecule has 27 heavy (non-hydrogen) atoms. The van der Waals surface area contributed by atoms with Crippen LogP contribution in [0.1, 0.15) is 43.7 Å². The fraction of sp³-hybridized carbons (Fsp3) is 0.421. The lowest BCUT2D eigenvalue weighted by atomic mass is 9.77. The van der Waals surface area contributed by atoms with E-state index in [0.717, 1.165) is 0 Å². The SMILES string of the molecule is CCC(CC)(C(c1cccnc1)c1cc(OC)c(O)c(OC)c1)P(=O)(O)O. The van der Waals surface area contributed by atoms with Crippen molar-refractivity contribution >= 4 is 7.60 Å². The highest BCUT2D eigenvalue weighted by Gasteiger charge is 2.51. The Hall–Kier alpha value is -2.08. The van der Waals surface area contributed by atoms with E-state index in [4.69, 9.17) is 9.47 Å². The molecule has 1 atom stereocenters. The van der Waals surface area contributed by atoms with Gasteiger partial charge in [0.1, 0.15) is 0 Å². The quantitative estimate of drug-likeness (QED) is 0.585. The number of hydrogen-bond donors (Lipinski definition) is 3. The minimum absolute atomic E-state index is 0.163. The van der Waals surface area contributed by atoms with Gasteiger partial charge in [0, 0.05) is 18.3 Å². The van der Waals surface area contributed by atoms with E-state index in [1.54, 1.807) is 50.5 Å². The molecular formula is C19H26NO6P. The molecule has 148 valence electrons. The lowest BCUT2D eigenvalue weighted by Crippen LogP contribution is -2.36. The molecule has 1 unspecified atom stereocenters. The van der Waals surface area contributed by atoms with Gasteiger partial charge in [-0.1, -0.05) is 19.9 Å². The molecule has 1 aromatic heterocycles. The van der Waals surface area contributed by atoms with E-state index in [2.05, 4.69) is 4.98 Å². The van der Waals surface area contributed by atoms with Crippen LogP contribution < -0.4 is 9.47 Å². The normalized spacial score (nSPS) is 13.3. The fourth-order valence-corrected chi connectivity index (χ4v) is 5.14. The van der Waals surface area contributed by atoms with Crippen LogP contribution in [0.15, 0.2) is 36.7 Å². The number of phenolic OH excluding ortho intramolecular Hbond substituents is 1. The average molecular weight is 395 g/mol. The minimum Gasteiger partial charge on any atom is -0.502 e. The van der Waals surface area contributed by atoms with Crippen LogP contribution in [0.4, 0.5) is 0 Å². The van der Waals surface area contributed by atoms with Crippen molar-refractivity contribution in [1.82, 2.24) is 4.98 Å². The summed E-state index contributed by atoms with van der Waals surface area (Å²) in [5, 5.41) is 8.88. The van der Waals surface area contributed by atoms with Crippen LogP contribution in [0.3, 0.4) is 0 Å². The molecule has 0 amide bonds. The summed E-state index contributed by atoms with van der Waals surface area (Å²) in [4.78, 5) is 24.7. The van der Waals surface area contributed by atoms with Gasteiger partial charge in [0.15, 0.2) is 11.5 Å². The summed E-state index contributed by atoms with van der Waals surface area (Å²) in [6, 6.07) is 6.70. The summed E-state index contributed by atoms with van der Waals surface area (Å²) in [7, 11) is -1.70. The van der Waals surface area contributed by atoms with Crippen molar-refractivity contribution in [1.29, 1.82) is 0 Å². The van der Waals surface area contributed by atoms with E-state index in [1.165, 1.54) is 14.2 Å². The smallest absolute Gasteiger partial charge is 0.332 e. The first-order valence-corrected chi connectivity index (χ1v) is 10.3. The first kappa shape index (κ1) is 21.2. The molecule has 1 aromatic carbocycles. The zero-order chi connectivity index (χ0) is 20.2. The van der Waals surface area contributed by atoms with Gasteiger partial charge in [-0.2, -0.15) is 0 Å². The Labute approximate surface area is 159 Å². The first-order chi connectivity index (χ1) is 12.8. The molecule has 0 spiro atoms. The van der Waals surface area contributed by atoms with E-state index < -0.39 is 18.7 Å². The highest BCUT2D eigenvalue weighted by atomic mass is 31.2. The van der Waals surface area contributed by atoms with Crippen LogP contribution >= 0.6 is 7.60 Å². The molecule has 0 fully saturated rings. The van der Waals surface area contributed by atoms with Crippen LogP contribution in [0.25, 0.3) is 0 Å². The van der Waals surface area contributed by atoms with Gasteiger partial charge in [-0.3, -0.25) is 9.55 Å². The number of benzene rings is 1. The van der Waals surface area contributed by atoms with Crippen LogP contribution in [0, 0.1) is 0 Å². The lowest BCUT2D eigenvalue weighted by molar-refractivity contribution is 0.297. The number of rotatable bonds is 8. The van der Waals surface area contributed by atoms with Crippen molar-refractivity contribution in [3.63, 3.8) is 0 Å². The third-order valence-corrected chi connectivity index (χ3v) is 7.25. The molecule has 0 saturated heterocycles. The van der Waals surface area contributed by atoms with E-state index in [1.807, 2.05) is 0 Å². The van der Waals surface area contributed by atoms with Gasteiger partial charge in [0.25, 0.3) is 0 Å². The number of hydrogen-bond acceptors (Lipinski definition) is 5. The summed E-state index contributed by atoms with van der Waals surface area (Å²) >= 11 is 0. The minimum atomic E-state index is -4.52. The van der Waals surface area contributed by atoms with Crippen LogP contribution in [-0.2, 0) is 4.57 Å². The molecular weight excluding hydrogens is 369 g/mol. The van der Waals surface area contributed by atoms with Crippen LogP contribution in [0.5, 0.6) is 17.2 Å². The second kappa shape index (κ2) is 8.30. The Kier molecular flexibility index (Phi) is 6.52. The van der Waals surface area contributed by atoms with Crippen LogP contribution in [-0.4, -0.2) is 39.3 Å². The predicted octanol–water partition coefficient (Wildman–Crippen LogP) is 3.67. The van der Waals surface area contributed by atoms with Crippen molar-refractivity contribution in [2.24, 2.45) is 0 Å². The van der Waals surface area contributed by atoms with Crippen LogP contribution in [0.2, 0.25) is 0 Å². The number of pyridine rings is 1. The van der Waals surface area contributed by atoms with Crippen molar-refractivity contribution in [2.75, 3.05) is 14.2 Å². The van der Waals surface area contributed by atoms with E-state index in [-0.39, 0.29) is 30.1 Å². The number of phenols is 1. The highest BCUT2D eigenvalue weighted by Crippen LogP contribution is 2.63. The van der Waals surface area contributed by atoms with Gasteiger partial charge in [-0.25, -0.2) is 0 Å². The zero-order valence-electron chi connectivity index (χ0n) is 15.9. The molecule has 3 N–H and O–H groups in total. The lowest BCUT2D eigenvalue weighted by Gasteiger charge is -2.40. The van der Waals surface area contributed by atoms with Gasteiger partial charge in [0.2, 0.25) is 5.75 Å². The van der Waals surface area contributed by atoms with E-state index >= 15 is 0 Å². The summed E-state index contributed by atoms with van der Waals surface area (Å²) in [5.74, 6) is -0.496. The van der Waals surface area contributed by atoms with Gasteiger partial charge >= 0.3 is 7.60 Å².